The van der Waals surface area contributed by atoms with Crippen molar-refractivity contribution in [3.05, 3.63) is 66.0 Å². The lowest BCUT2D eigenvalue weighted by Crippen LogP contribution is -2.27. The minimum Gasteiger partial charge on any atom is -0.457 e. The summed E-state index contributed by atoms with van der Waals surface area (Å²) in [6.07, 6.45) is 5.79. The van der Waals surface area contributed by atoms with Crippen LogP contribution in [0.5, 0.6) is 11.5 Å². The molecule has 1 atom stereocenters. The molecule has 174 valence electrons. The number of carbonyl (C=O) groups excluding carboxylic acids is 1. The van der Waals surface area contributed by atoms with Gasteiger partial charge in [-0.15, -0.1) is 0 Å². The molecule has 0 aliphatic carbocycles. The van der Waals surface area contributed by atoms with Crippen LogP contribution in [0.4, 0.5) is 5.69 Å². The zero-order valence-electron chi connectivity index (χ0n) is 19.8. The Labute approximate surface area is 195 Å². The van der Waals surface area contributed by atoms with Crippen molar-refractivity contribution in [3.63, 3.8) is 0 Å². The molecule has 3 heterocycles. The number of nitrogens with one attached hydrogen (secondary N) is 2. The molecule has 2 aromatic heterocycles. The smallest absolute Gasteiger partial charge is 0.247 e. The lowest BCUT2D eigenvalue weighted by Gasteiger charge is -2.22. The van der Waals surface area contributed by atoms with Gasteiger partial charge < -0.3 is 19.9 Å². The number of ether oxygens (including phenoxy) is 1. The van der Waals surface area contributed by atoms with E-state index in [1.54, 1.807) is 6.20 Å². The molecular weight excluding hydrogens is 414 g/mol. The molecule has 7 heteroatoms. The second-order valence-corrected chi connectivity index (χ2v) is 9.03. The van der Waals surface area contributed by atoms with Gasteiger partial charge in [0, 0.05) is 53.4 Å². The highest BCUT2D eigenvalue weighted by atomic mass is 16.5. The number of hydrogen-bond acceptors (Lipinski definition) is 5. The lowest BCUT2D eigenvalue weighted by atomic mass is 9.94. The highest BCUT2D eigenvalue weighted by molar-refractivity contribution is 5.93. The van der Waals surface area contributed by atoms with E-state index in [0.29, 0.717) is 5.92 Å². The van der Waals surface area contributed by atoms with E-state index in [0.717, 1.165) is 60.3 Å². The zero-order chi connectivity index (χ0) is 23.4. The maximum Gasteiger partial charge on any atom is 0.247 e. The summed E-state index contributed by atoms with van der Waals surface area (Å²) in [6, 6.07) is 11.1. The largest absolute Gasteiger partial charge is 0.457 e. The molecule has 1 aromatic carbocycles. The number of anilines is 1. The second-order valence-electron chi connectivity index (χ2n) is 9.03. The topological polar surface area (TPSA) is 81.1 Å². The number of amides is 1. The molecule has 2 N–H and O–H groups in total. The number of benzene rings is 1. The summed E-state index contributed by atoms with van der Waals surface area (Å²) in [5, 5.41) is 6.39. The summed E-state index contributed by atoms with van der Waals surface area (Å²) in [6.45, 7) is 10.1. The van der Waals surface area contributed by atoms with E-state index in [1.165, 1.54) is 0 Å². The number of hydrogen-bond donors (Lipinski definition) is 2. The Balaban J connectivity index is 1.41. The third-order valence-corrected chi connectivity index (χ3v) is 6.07. The molecule has 0 unspecified atom stereocenters. The number of pyridine rings is 1. The van der Waals surface area contributed by atoms with Crippen LogP contribution in [0.2, 0.25) is 0 Å². The van der Waals surface area contributed by atoms with Crippen molar-refractivity contribution in [2.24, 2.45) is 0 Å². The molecule has 7 nitrogen and oxygen atoms in total. The van der Waals surface area contributed by atoms with Gasteiger partial charge in [-0.2, -0.15) is 0 Å². The predicted molar refractivity (Wildman–Crippen MR) is 130 cm³/mol. The lowest BCUT2D eigenvalue weighted by molar-refractivity contribution is -0.118. The standard InChI is InChI=1S/C26H33N5O2/c1-17(2)25-28-13-14-31(25)19(4)26(32)30-21-5-7-22(8-6-21)33-23-15-18(3)29-24(16-23)20-9-11-27-12-10-20/h5-8,13-17,19-20,27H,9-12H2,1-4H3,(H,30,32)/t19-/m1/s1. The van der Waals surface area contributed by atoms with E-state index < -0.39 is 0 Å². The minimum absolute atomic E-state index is 0.0834. The maximum absolute atomic E-state index is 12.8. The van der Waals surface area contributed by atoms with Gasteiger partial charge in [-0.1, -0.05) is 13.8 Å². The molecule has 1 aliphatic heterocycles. The first kappa shape index (κ1) is 23.0. The zero-order valence-corrected chi connectivity index (χ0v) is 19.8. The van der Waals surface area contributed by atoms with Crippen molar-refractivity contribution < 1.29 is 9.53 Å². The van der Waals surface area contributed by atoms with E-state index in [-0.39, 0.29) is 17.9 Å². The summed E-state index contributed by atoms with van der Waals surface area (Å²) in [5.74, 6) is 3.05. The molecule has 0 spiro atoms. The maximum atomic E-state index is 12.8. The Kier molecular flexibility index (Phi) is 7.08. The summed E-state index contributed by atoms with van der Waals surface area (Å²) >= 11 is 0. The summed E-state index contributed by atoms with van der Waals surface area (Å²) in [5.41, 5.74) is 2.79. The minimum atomic E-state index is -0.353. The van der Waals surface area contributed by atoms with Crippen molar-refractivity contribution >= 4 is 11.6 Å². The number of aryl methyl sites for hydroxylation is 1. The van der Waals surface area contributed by atoms with Crippen LogP contribution in [0.3, 0.4) is 0 Å². The average Bonchev–Trinajstić information content (AvgIpc) is 3.30. The van der Waals surface area contributed by atoms with E-state index >= 15 is 0 Å². The number of piperidine rings is 1. The highest BCUT2D eigenvalue weighted by Gasteiger charge is 2.20. The number of carbonyl (C=O) groups is 1. The molecule has 1 saturated heterocycles. The molecule has 1 fully saturated rings. The van der Waals surface area contributed by atoms with Gasteiger partial charge in [0.15, 0.2) is 0 Å². The molecule has 4 rings (SSSR count). The Morgan fingerprint density at radius 3 is 2.55 bits per heavy atom. The molecule has 0 bridgehead atoms. The third kappa shape index (κ3) is 5.60. The van der Waals surface area contributed by atoms with Crippen LogP contribution in [-0.4, -0.2) is 33.5 Å². The molecule has 3 aromatic rings. The van der Waals surface area contributed by atoms with Gasteiger partial charge >= 0.3 is 0 Å². The van der Waals surface area contributed by atoms with Crippen molar-refractivity contribution in [1.82, 2.24) is 19.9 Å². The Morgan fingerprint density at radius 2 is 1.85 bits per heavy atom. The quantitative estimate of drug-likeness (QED) is 0.522. The Hall–Kier alpha value is -3.19. The van der Waals surface area contributed by atoms with Crippen molar-refractivity contribution in [2.45, 2.75) is 58.4 Å². The highest BCUT2D eigenvalue weighted by Crippen LogP contribution is 2.30. The number of aromatic nitrogens is 3. The van der Waals surface area contributed by atoms with Crippen LogP contribution in [0, 0.1) is 6.92 Å². The average molecular weight is 448 g/mol. The van der Waals surface area contributed by atoms with E-state index in [2.05, 4.69) is 35.5 Å². The molecule has 1 aliphatic rings. The Bertz CT molecular complexity index is 1080. The SMILES string of the molecule is Cc1cc(Oc2ccc(NC(=O)[C@@H](C)n3ccnc3C(C)C)cc2)cc(C2CCNCC2)n1. The fraction of sp³-hybridized carbons (Fsp3) is 0.423. The summed E-state index contributed by atoms with van der Waals surface area (Å²) in [7, 11) is 0. The van der Waals surface area contributed by atoms with Crippen LogP contribution < -0.4 is 15.4 Å². The van der Waals surface area contributed by atoms with E-state index in [1.807, 2.05) is 54.9 Å². The Morgan fingerprint density at radius 1 is 1.12 bits per heavy atom. The summed E-state index contributed by atoms with van der Waals surface area (Å²) < 4.78 is 8.04. The van der Waals surface area contributed by atoms with Crippen LogP contribution in [0.25, 0.3) is 0 Å². The van der Waals surface area contributed by atoms with Crippen LogP contribution in [-0.2, 0) is 4.79 Å². The molecule has 33 heavy (non-hydrogen) atoms. The van der Waals surface area contributed by atoms with Gasteiger partial charge in [0.25, 0.3) is 0 Å². The van der Waals surface area contributed by atoms with Crippen molar-refractivity contribution in [3.8, 4) is 11.5 Å². The van der Waals surface area contributed by atoms with Gasteiger partial charge in [0.05, 0.1) is 0 Å². The van der Waals surface area contributed by atoms with E-state index in [9.17, 15) is 4.79 Å². The molecule has 1 amide bonds. The second kappa shape index (κ2) is 10.2. The first-order valence-corrected chi connectivity index (χ1v) is 11.7. The fourth-order valence-corrected chi connectivity index (χ4v) is 4.26. The third-order valence-electron chi connectivity index (χ3n) is 6.07. The molecular formula is C26H33N5O2. The van der Waals surface area contributed by atoms with Crippen LogP contribution in [0.15, 0.2) is 48.8 Å². The van der Waals surface area contributed by atoms with Gasteiger partial charge in [-0.3, -0.25) is 9.78 Å². The first-order chi connectivity index (χ1) is 15.9. The number of imidazole rings is 1. The first-order valence-electron chi connectivity index (χ1n) is 11.7. The van der Waals surface area contributed by atoms with Crippen LogP contribution >= 0.6 is 0 Å². The van der Waals surface area contributed by atoms with Gasteiger partial charge in [-0.05, 0) is 64.0 Å². The van der Waals surface area contributed by atoms with Gasteiger partial charge in [0.1, 0.15) is 23.4 Å². The molecule has 0 radical (unpaired) electrons. The predicted octanol–water partition coefficient (Wildman–Crippen LogP) is 5.17. The normalized spacial score (nSPS) is 15.4. The van der Waals surface area contributed by atoms with Crippen molar-refractivity contribution in [2.75, 3.05) is 18.4 Å². The van der Waals surface area contributed by atoms with Crippen molar-refractivity contribution in [1.29, 1.82) is 0 Å². The van der Waals surface area contributed by atoms with E-state index in [4.69, 9.17) is 9.72 Å². The monoisotopic (exact) mass is 447 g/mol. The van der Waals surface area contributed by atoms with Crippen LogP contribution in [0.1, 0.15) is 68.7 Å². The fourth-order valence-electron chi connectivity index (χ4n) is 4.26. The van der Waals surface area contributed by atoms with Gasteiger partial charge in [0.2, 0.25) is 5.91 Å². The van der Waals surface area contributed by atoms with Gasteiger partial charge in [-0.25, -0.2) is 4.98 Å². The number of nitrogens with zero attached hydrogens (tertiary/aromatic N) is 3. The molecule has 0 saturated carbocycles. The number of rotatable bonds is 7. The summed E-state index contributed by atoms with van der Waals surface area (Å²) in [4.78, 5) is 21.9.